The minimum Gasteiger partial charge on any atom is -0.497 e. The second-order valence-electron chi connectivity index (χ2n) is 10.6. The van der Waals surface area contributed by atoms with Gasteiger partial charge in [-0.15, -0.1) is 0 Å². The van der Waals surface area contributed by atoms with Gasteiger partial charge in [0.2, 0.25) is 5.88 Å². The van der Waals surface area contributed by atoms with Crippen LogP contribution in [-0.4, -0.2) is 42.3 Å². The van der Waals surface area contributed by atoms with Gasteiger partial charge in [0.15, 0.2) is 0 Å². The fourth-order valence-corrected chi connectivity index (χ4v) is 4.61. The Morgan fingerprint density at radius 2 is 1.85 bits per heavy atom. The van der Waals surface area contributed by atoms with E-state index in [4.69, 9.17) is 23.9 Å². The quantitative estimate of drug-likeness (QED) is 0.400. The van der Waals surface area contributed by atoms with Crippen LogP contribution >= 0.6 is 0 Å². The number of esters is 1. The Hall–Kier alpha value is -4.37. The molecule has 1 atom stereocenters. The molecule has 1 amide bonds. The zero-order valence-corrected chi connectivity index (χ0v) is 23.1. The molecule has 0 bridgehead atoms. The summed E-state index contributed by atoms with van der Waals surface area (Å²) >= 11 is 0. The number of carbonyl (C=O) groups is 2. The molecule has 5 rings (SSSR count). The molecule has 0 spiro atoms. The van der Waals surface area contributed by atoms with Gasteiger partial charge in [-0.2, -0.15) is 0 Å². The molecule has 0 fully saturated rings. The smallest absolute Gasteiger partial charge is 0.414 e. The average Bonchev–Trinajstić information content (AvgIpc) is 2.95. The maximum absolute atomic E-state index is 12.6. The Bertz CT molecular complexity index is 1440. The van der Waals surface area contributed by atoms with Crippen molar-refractivity contribution in [2.24, 2.45) is 0 Å². The molecule has 1 aromatic heterocycles. The largest absolute Gasteiger partial charge is 0.497 e. The molecular formula is C31H33N3O6. The van der Waals surface area contributed by atoms with Gasteiger partial charge in [0.05, 0.1) is 19.3 Å². The standard InChI is InChI=1S/C31H33N3O6/c1-31(2,3)40-29(35)25-14-11-20(16-32-25)23-15-26(34-28-24(23)17-33-30(36)39-28)22-7-5-6-8-27(22)38-18-19-9-12-21(37-4)13-10-19/h5-13,15,25,32H,14,16-18H2,1-4H3,(H,33,36). The summed E-state index contributed by atoms with van der Waals surface area (Å²) in [5, 5.41) is 6.03. The summed E-state index contributed by atoms with van der Waals surface area (Å²) in [7, 11) is 1.63. The average molecular weight is 544 g/mol. The number of benzene rings is 2. The summed E-state index contributed by atoms with van der Waals surface area (Å²) < 4.78 is 22.5. The summed E-state index contributed by atoms with van der Waals surface area (Å²) in [5.74, 6) is 1.41. The van der Waals surface area contributed by atoms with Crippen molar-refractivity contribution in [2.75, 3.05) is 13.7 Å². The second-order valence-corrected chi connectivity index (χ2v) is 10.6. The van der Waals surface area contributed by atoms with Gasteiger partial charge in [-0.3, -0.25) is 4.79 Å². The van der Waals surface area contributed by atoms with Gasteiger partial charge in [0, 0.05) is 17.7 Å². The van der Waals surface area contributed by atoms with Gasteiger partial charge in [0.1, 0.15) is 29.7 Å². The van der Waals surface area contributed by atoms with Crippen LogP contribution in [0.15, 0.2) is 60.7 Å². The number of pyridine rings is 1. The molecule has 1 unspecified atom stereocenters. The molecule has 2 aromatic carbocycles. The Morgan fingerprint density at radius 1 is 1.07 bits per heavy atom. The van der Waals surface area contributed by atoms with Crippen LogP contribution in [0.5, 0.6) is 17.4 Å². The summed E-state index contributed by atoms with van der Waals surface area (Å²) in [6.07, 6.45) is 1.96. The molecule has 0 saturated heterocycles. The number of hydrogen-bond acceptors (Lipinski definition) is 8. The van der Waals surface area contributed by atoms with Crippen LogP contribution in [0.3, 0.4) is 0 Å². The van der Waals surface area contributed by atoms with E-state index in [2.05, 4.69) is 10.6 Å². The Labute approximate surface area is 233 Å². The monoisotopic (exact) mass is 543 g/mol. The lowest BCUT2D eigenvalue weighted by molar-refractivity contribution is -0.157. The molecule has 208 valence electrons. The van der Waals surface area contributed by atoms with Crippen molar-refractivity contribution in [1.82, 2.24) is 15.6 Å². The van der Waals surface area contributed by atoms with E-state index in [9.17, 15) is 9.59 Å². The van der Waals surface area contributed by atoms with E-state index in [1.54, 1.807) is 7.11 Å². The number of rotatable bonds is 7. The number of ether oxygens (including phenoxy) is 4. The third-order valence-electron chi connectivity index (χ3n) is 6.58. The van der Waals surface area contributed by atoms with E-state index in [1.807, 2.05) is 81.4 Å². The molecule has 0 aliphatic carbocycles. The highest BCUT2D eigenvalue weighted by molar-refractivity contribution is 5.83. The van der Waals surface area contributed by atoms with Crippen LogP contribution in [0.4, 0.5) is 4.79 Å². The van der Waals surface area contributed by atoms with E-state index >= 15 is 0 Å². The molecule has 9 heteroatoms. The van der Waals surface area contributed by atoms with Crippen molar-refractivity contribution in [3.63, 3.8) is 0 Å². The van der Waals surface area contributed by atoms with Crippen LogP contribution in [0.2, 0.25) is 0 Å². The minimum absolute atomic E-state index is 0.261. The van der Waals surface area contributed by atoms with Crippen molar-refractivity contribution in [3.8, 4) is 28.6 Å². The van der Waals surface area contributed by atoms with Gasteiger partial charge in [-0.25, -0.2) is 9.78 Å². The number of carbonyl (C=O) groups excluding carboxylic acids is 2. The van der Waals surface area contributed by atoms with Crippen LogP contribution in [-0.2, 0) is 22.7 Å². The first kappa shape index (κ1) is 27.2. The molecule has 40 heavy (non-hydrogen) atoms. The highest BCUT2D eigenvalue weighted by atomic mass is 16.6. The van der Waals surface area contributed by atoms with Crippen LogP contribution in [0, 0.1) is 0 Å². The number of nitrogens with one attached hydrogen (secondary N) is 2. The van der Waals surface area contributed by atoms with E-state index in [0.717, 1.165) is 33.6 Å². The second kappa shape index (κ2) is 11.4. The van der Waals surface area contributed by atoms with Crippen molar-refractivity contribution in [3.05, 3.63) is 77.4 Å². The van der Waals surface area contributed by atoms with Gasteiger partial charge >= 0.3 is 12.1 Å². The van der Waals surface area contributed by atoms with Crippen LogP contribution in [0.25, 0.3) is 16.8 Å². The Kier molecular flexibility index (Phi) is 7.75. The van der Waals surface area contributed by atoms with Crippen molar-refractivity contribution < 1.29 is 28.5 Å². The fourth-order valence-electron chi connectivity index (χ4n) is 4.61. The molecule has 0 saturated carbocycles. The summed E-state index contributed by atoms with van der Waals surface area (Å²) in [4.78, 5) is 29.4. The summed E-state index contributed by atoms with van der Waals surface area (Å²) in [6, 6.07) is 16.9. The topological polar surface area (TPSA) is 108 Å². The number of amides is 1. The molecule has 3 aromatic rings. The van der Waals surface area contributed by atoms with E-state index in [-0.39, 0.29) is 11.8 Å². The molecule has 0 radical (unpaired) electrons. The number of fused-ring (bicyclic) bond motifs is 1. The van der Waals surface area contributed by atoms with Crippen molar-refractivity contribution in [2.45, 2.75) is 52.0 Å². The molecule has 2 aliphatic rings. The number of nitrogens with zero attached hydrogens (tertiary/aromatic N) is 1. The van der Waals surface area contributed by atoms with E-state index in [1.165, 1.54) is 0 Å². The van der Waals surface area contributed by atoms with Crippen LogP contribution in [0.1, 0.15) is 43.9 Å². The molecule has 3 heterocycles. The lowest BCUT2D eigenvalue weighted by Gasteiger charge is -2.28. The normalized spacial score (nSPS) is 16.6. The van der Waals surface area contributed by atoms with Gasteiger partial charge in [-0.1, -0.05) is 30.3 Å². The third-order valence-corrected chi connectivity index (χ3v) is 6.58. The van der Waals surface area contributed by atoms with Gasteiger partial charge in [0.25, 0.3) is 0 Å². The SMILES string of the molecule is COc1ccc(COc2ccccc2-c2cc(C3=CCC(C(=O)OC(C)(C)C)NC3)c3c(n2)OC(=O)NC3)cc1. The number of para-hydroxylation sites is 1. The first-order valence-corrected chi connectivity index (χ1v) is 13.2. The summed E-state index contributed by atoms with van der Waals surface area (Å²) in [5.41, 5.74) is 4.47. The molecule has 2 aliphatic heterocycles. The fraction of sp³-hybridized carbons (Fsp3) is 0.323. The van der Waals surface area contributed by atoms with Gasteiger partial charge < -0.3 is 29.6 Å². The lowest BCUT2D eigenvalue weighted by atomic mass is 9.93. The highest BCUT2D eigenvalue weighted by Crippen LogP contribution is 2.37. The minimum atomic E-state index is -0.555. The zero-order chi connectivity index (χ0) is 28.3. The molecule has 2 N–H and O–H groups in total. The first-order chi connectivity index (χ1) is 19.2. The van der Waals surface area contributed by atoms with E-state index in [0.29, 0.717) is 37.6 Å². The van der Waals surface area contributed by atoms with Crippen molar-refractivity contribution >= 4 is 17.6 Å². The zero-order valence-electron chi connectivity index (χ0n) is 23.1. The Balaban J connectivity index is 1.44. The third kappa shape index (κ3) is 6.26. The summed E-state index contributed by atoms with van der Waals surface area (Å²) in [6.45, 7) is 6.66. The molecule has 9 nitrogen and oxygen atoms in total. The maximum atomic E-state index is 12.6. The van der Waals surface area contributed by atoms with Gasteiger partial charge in [-0.05, 0) is 74.2 Å². The lowest BCUT2D eigenvalue weighted by Crippen LogP contribution is -2.43. The van der Waals surface area contributed by atoms with Crippen LogP contribution < -0.4 is 24.8 Å². The van der Waals surface area contributed by atoms with Crippen molar-refractivity contribution in [1.29, 1.82) is 0 Å². The van der Waals surface area contributed by atoms with E-state index < -0.39 is 17.7 Å². The number of aromatic nitrogens is 1. The predicted octanol–water partition coefficient (Wildman–Crippen LogP) is 5.03. The first-order valence-electron chi connectivity index (χ1n) is 13.2. The number of hydrogen-bond donors (Lipinski definition) is 2. The number of methoxy groups -OCH3 is 1. The highest BCUT2D eigenvalue weighted by Gasteiger charge is 2.29. The predicted molar refractivity (Wildman–Crippen MR) is 150 cm³/mol. The Morgan fingerprint density at radius 3 is 2.55 bits per heavy atom. The molecular weight excluding hydrogens is 510 g/mol. The maximum Gasteiger partial charge on any atom is 0.414 e.